The smallest absolute Gasteiger partial charge is 0.127 e. The summed E-state index contributed by atoms with van der Waals surface area (Å²) in [5, 5.41) is 10.5. The minimum atomic E-state index is -0.675. The van der Waals surface area contributed by atoms with E-state index >= 15 is 0 Å². The zero-order chi connectivity index (χ0) is 13.3. The third-order valence-electron chi connectivity index (χ3n) is 2.87. The molecule has 1 aromatic heterocycles. The second kappa shape index (κ2) is 5.39. The van der Waals surface area contributed by atoms with E-state index < -0.39 is 6.10 Å². The molecule has 0 radical (unpaired) electrons. The van der Waals surface area contributed by atoms with Gasteiger partial charge < -0.3 is 5.11 Å². The van der Waals surface area contributed by atoms with Gasteiger partial charge in [-0.05, 0) is 43.2 Å². The molecule has 96 valence electrons. The van der Waals surface area contributed by atoms with Gasteiger partial charge in [-0.2, -0.15) is 0 Å². The number of aliphatic hydroxyl groups is 1. The van der Waals surface area contributed by atoms with Crippen molar-refractivity contribution >= 4 is 22.9 Å². The van der Waals surface area contributed by atoms with Crippen LogP contribution in [0.3, 0.4) is 0 Å². The van der Waals surface area contributed by atoms with Gasteiger partial charge in [0.1, 0.15) is 5.82 Å². The second-order valence-electron chi connectivity index (χ2n) is 4.32. The molecule has 1 unspecified atom stereocenters. The molecule has 0 bridgehead atoms. The van der Waals surface area contributed by atoms with Crippen LogP contribution in [0.2, 0.25) is 5.02 Å². The summed E-state index contributed by atoms with van der Waals surface area (Å²) in [6.45, 7) is 3.96. The summed E-state index contributed by atoms with van der Waals surface area (Å²) in [5.74, 6) is -0.369. The second-order valence-corrected chi connectivity index (χ2v) is 6.22. The molecule has 0 aliphatic carbocycles. The molecule has 0 amide bonds. The summed E-state index contributed by atoms with van der Waals surface area (Å²) in [4.78, 5) is 2.23. The van der Waals surface area contributed by atoms with Crippen LogP contribution < -0.4 is 0 Å². The Bertz CT molecular complexity index is 565. The van der Waals surface area contributed by atoms with Crippen LogP contribution in [0.15, 0.2) is 24.3 Å². The van der Waals surface area contributed by atoms with E-state index in [1.807, 2.05) is 19.9 Å². The third-order valence-corrected chi connectivity index (χ3v) is 4.08. The third kappa shape index (κ3) is 2.91. The minimum Gasteiger partial charge on any atom is -0.388 e. The fourth-order valence-corrected chi connectivity index (χ4v) is 3.13. The molecule has 0 aliphatic rings. The zero-order valence-corrected chi connectivity index (χ0v) is 11.8. The van der Waals surface area contributed by atoms with E-state index in [4.69, 9.17) is 11.6 Å². The lowest BCUT2D eigenvalue weighted by atomic mass is 10.0. The first kappa shape index (κ1) is 13.5. The van der Waals surface area contributed by atoms with Crippen molar-refractivity contribution in [2.75, 3.05) is 0 Å². The van der Waals surface area contributed by atoms with Gasteiger partial charge in [0.2, 0.25) is 0 Å². The van der Waals surface area contributed by atoms with Crippen molar-refractivity contribution in [3.8, 4) is 0 Å². The minimum absolute atomic E-state index is 0.264. The molecule has 1 N–H and O–H groups in total. The van der Waals surface area contributed by atoms with Gasteiger partial charge in [0, 0.05) is 21.2 Å². The van der Waals surface area contributed by atoms with Gasteiger partial charge in [0.25, 0.3) is 0 Å². The van der Waals surface area contributed by atoms with Crippen molar-refractivity contribution in [2.45, 2.75) is 26.4 Å². The predicted octanol–water partition coefficient (Wildman–Crippen LogP) is 4.43. The summed E-state index contributed by atoms with van der Waals surface area (Å²) < 4.78 is 13.6. The summed E-state index contributed by atoms with van der Waals surface area (Å²) in [7, 11) is 0. The van der Waals surface area contributed by atoms with E-state index in [1.54, 1.807) is 23.5 Å². The van der Waals surface area contributed by atoms with Crippen molar-refractivity contribution in [1.82, 2.24) is 0 Å². The van der Waals surface area contributed by atoms with Gasteiger partial charge in [-0.15, -0.1) is 11.3 Å². The van der Waals surface area contributed by atoms with Gasteiger partial charge in [-0.1, -0.05) is 17.7 Å². The summed E-state index contributed by atoms with van der Waals surface area (Å²) in [5.41, 5.74) is 1.36. The van der Waals surface area contributed by atoms with E-state index in [2.05, 4.69) is 0 Å². The van der Waals surface area contributed by atoms with Gasteiger partial charge in [-0.3, -0.25) is 0 Å². The molecule has 2 aromatic rings. The van der Waals surface area contributed by atoms with Crippen LogP contribution >= 0.6 is 22.9 Å². The lowest BCUT2D eigenvalue weighted by Crippen LogP contribution is -2.03. The molecule has 0 spiro atoms. The maximum absolute atomic E-state index is 13.6. The van der Waals surface area contributed by atoms with E-state index in [-0.39, 0.29) is 12.2 Å². The molecular formula is C14H14ClFOS. The van der Waals surface area contributed by atoms with Crippen LogP contribution in [-0.2, 0) is 6.42 Å². The maximum Gasteiger partial charge on any atom is 0.127 e. The Morgan fingerprint density at radius 3 is 2.61 bits per heavy atom. The Morgan fingerprint density at radius 2 is 2.06 bits per heavy atom. The summed E-state index contributed by atoms with van der Waals surface area (Å²) in [6.07, 6.45) is -0.411. The van der Waals surface area contributed by atoms with Crippen LogP contribution in [0, 0.1) is 19.7 Å². The molecule has 4 heteroatoms. The highest BCUT2D eigenvalue weighted by atomic mass is 35.5. The van der Waals surface area contributed by atoms with Crippen molar-refractivity contribution < 1.29 is 9.50 Å². The van der Waals surface area contributed by atoms with Crippen LogP contribution in [0.25, 0.3) is 0 Å². The molecule has 1 aromatic carbocycles. The lowest BCUT2D eigenvalue weighted by molar-refractivity contribution is 0.177. The molecule has 0 saturated heterocycles. The molecule has 0 saturated carbocycles. The topological polar surface area (TPSA) is 20.2 Å². The van der Waals surface area contributed by atoms with Gasteiger partial charge >= 0.3 is 0 Å². The molecule has 1 heterocycles. The summed E-state index contributed by atoms with van der Waals surface area (Å²) in [6, 6.07) is 6.49. The molecule has 1 atom stereocenters. The average Bonchev–Trinajstić information content (AvgIpc) is 2.62. The van der Waals surface area contributed by atoms with E-state index in [1.165, 1.54) is 6.07 Å². The molecule has 0 aliphatic heterocycles. The van der Waals surface area contributed by atoms with Gasteiger partial charge in [0.15, 0.2) is 0 Å². The number of halogens is 2. The Morgan fingerprint density at radius 1 is 1.33 bits per heavy atom. The standard InChI is InChI=1S/C14H14ClFOS/c1-8-5-12(9(2)18-8)14(17)6-10-3-4-11(15)7-13(10)16/h3-5,7,14,17H,6H2,1-2H3. The Balaban J connectivity index is 2.21. The Hall–Kier alpha value is -0.900. The Kier molecular flexibility index (Phi) is 4.05. The van der Waals surface area contributed by atoms with Crippen molar-refractivity contribution in [3.05, 3.63) is 56.0 Å². The normalized spacial score (nSPS) is 12.7. The van der Waals surface area contributed by atoms with Crippen LogP contribution in [0.4, 0.5) is 4.39 Å². The highest BCUT2D eigenvalue weighted by Gasteiger charge is 2.15. The van der Waals surface area contributed by atoms with Crippen LogP contribution in [0.1, 0.15) is 27.0 Å². The number of benzene rings is 1. The van der Waals surface area contributed by atoms with Gasteiger partial charge in [0.05, 0.1) is 6.10 Å². The highest BCUT2D eigenvalue weighted by molar-refractivity contribution is 7.12. The number of thiophene rings is 1. The van der Waals surface area contributed by atoms with Crippen molar-refractivity contribution in [2.24, 2.45) is 0 Å². The molecule has 1 nitrogen and oxygen atoms in total. The predicted molar refractivity (Wildman–Crippen MR) is 73.9 cm³/mol. The van der Waals surface area contributed by atoms with Crippen molar-refractivity contribution in [3.63, 3.8) is 0 Å². The highest BCUT2D eigenvalue weighted by Crippen LogP contribution is 2.29. The molecule has 2 rings (SSSR count). The Labute approximate surface area is 115 Å². The fourth-order valence-electron chi connectivity index (χ4n) is 1.99. The number of hydrogen-bond donors (Lipinski definition) is 1. The van der Waals surface area contributed by atoms with Crippen LogP contribution in [-0.4, -0.2) is 5.11 Å². The molecular weight excluding hydrogens is 271 g/mol. The van der Waals surface area contributed by atoms with E-state index in [0.717, 1.165) is 15.3 Å². The quantitative estimate of drug-likeness (QED) is 0.884. The monoisotopic (exact) mass is 284 g/mol. The maximum atomic E-state index is 13.6. The largest absolute Gasteiger partial charge is 0.388 e. The first-order chi connectivity index (χ1) is 8.47. The number of rotatable bonds is 3. The molecule has 0 fully saturated rings. The van der Waals surface area contributed by atoms with Crippen molar-refractivity contribution in [1.29, 1.82) is 0 Å². The van der Waals surface area contributed by atoms with E-state index in [0.29, 0.717) is 10.6 Å². The average molecular weight is 285 g/mol. The number of aryl methyl sites for hydroxylation is 2. The van der Waals surface area contributed by atoms with Crippen LogP contribution in [0.5, 0.6) is 0 Å². The lowest BCUT2D eigenvalue weighted by Gasteiger charge is -2.11. The molecule has 18 heavy (non-hydrogen) atoms. The first-order valence-electron chi connectivity index (χ1n) is 5.66. The first-order valence-corrected chi connectivity index (χ1v) is 6.85. The number of hydrogen-bond acceptors (Lipinski definition) is 2. The number of aliphatic hydroxyl groups excluding tert-OH is 1. The fraction of sp³-hybridized carbons (Fsp3) is 0.286. The van der Waals surface area contributed by atoms with E-state index in [9.17, 15) is 9.50 Å². The zero-order valence-electron chi connectivity index (χ0n) is 10.2. The summed E-state index contributed by atoms with van der Waals surface area (Å²) >= 11 is 7.34. The van der Waals surface area contributed by atoms with Gasteiger partial charge in [-0.25, -0.2) is 4.39 Å². The SMILES string of the molecule is Cc1cc(C(O)Cc2ccc(Cl)cc2F)c(C)s1.